The number of nitrogens with zero attached hydrogens (tertiary/aromatic N) is 1. The molecular formula is C14H22FN3O. The summed E-state index contributed by atoms with van der Waals surface area (Å²) in [6.45, 7) is 4.13. The Labute approximate surface area is 113 Å². The molecule has 19 heavy (non-hydrogen) atoms. The molecule has 5 heteroatoms. The van der Waals surface area contributed by atoms with Crippen LogP contribution in [0.15, 0.2) is 12.1 Å². The zero-order chi connectivity index (χ0) is 14.8. The largest absolute Gasteiger partial charge is 0.366 e. The molecular weight excluding hydrogens is 245 g/mol. The lowest BCUT2D eigenvalue weighted by molar-refractivity contribution is 0.0996. The van der Waals surface area contributed by atoms with Crippen molar-refractivity contribution in [2.75, 3.05) is 20.6 Å². The number of likely N-dealkylation sites (N-methyl/N-ethyl adjacent to an activating group) is 1. The molecule has 1 atom stereocenters. The third kappa shape index (κ3) is 3.11. The number of amides is 1. The van der Waals surface area contributed by atoms with Gasteiger partial charge in [-0.25, -0.2) is 4.39 Å². The smallest absolute Gasteiger partial charge is 0.251 e. The molecule has 0 aromatic heterocycles. The van der Waals surface area contributed by atoms with E-state index in [1.807, 2.05) is 25.9 Å². The number of nitrogens with two attached hydrogens (primary N) is 2. The van der Waals surface area contributed by atoms with E-state index < -0.39 is 11.7 Å². The van der Waals surface area contributed by atoms with Crippen molar-refractivity contribution in [2.45, 2.75) is 25.8 Å². The van der Waals surface area contributed by atoms with Gasteiger partial charge in [0.1, 0.15) is 5.82 Å². The molecule has 0 fully saturated rings. The lowest BCUT2D eigenvalue weighted by Gasteiger charge is -2.36. The Morgan fingerprint density at radius 3 is 2.42 bits per heavy atom. The number of rotatable bonds is 5. The van der Waals surface area contributed by atoms with Crippen LogP contribution in [0.4, 0.5) is 4.39 Å². The van der Waals surface area contributed by atoms with Gasteiger partial charge in [-0.05, 0) is 51.6 Å². The van der Waals surface area contributed by atoms with Gasteiger partial charge < -0.3 is 16.4 Å². The van der Waals surface area contributed by atoms with Crippen LogP contribution in [0.25, 0.3) is 0 Å². The summed E-state index contributed by atoms with van der Waals surface area (Å²) in [7, 11) is 3.88. The molecule has 106 valence electrons. The van der Waals surface area contributed by atoms with E-state index in [4.69, 9.17) is 11.5 Å². The van der Waals surface area contributed by atoms with Crippen LogP contribution in [-0.2, 0) is 6.42 Å². The highest BCUT2D eigenvalue weighted by Crippen LogP contribution is 2.23. The summed E-state index contributed by atoms with van der Waals surface area (Å²) < 4.78 is 14.0. The molecule has 0 saturated carbocycles. The van der Waals surface area contributed by atoms with Gasteiger partial charge in [0.2, 0.25) is 0 Å². The van der Waals surface area contributed by atoms with Gasteiger partial charge in [0.05, 0.1) is 5.56 Å². The zero-order valence-electron chi connectivity index (χ0n) is 12.0. The predicted molar refractivity (Wildman–Crippen MR) is 74.5 cm³/mol. The average Bonchev–Trinajstić information content (AvgIpc) is 2.34. The number of hydrogen-bond acceptors (Lipinski definition) is 3. The highest BCUT2D eigenvalue weighted by Gasteiger charge is 2.27. The SMILES string of the molecule is Cc1c(C[C@](C)(CN)N(C)C)ccc(C(N)=O)c1F. The van der Waals surface area contributed by atoms with Gasteiger partial charge >= 0.3 is 0 Å². The average molecular weight is 267 g/mol. The van der Waals surface area contributed by atoms with E-state index in [-0.39, 0.29) is 11.1 Å². The maximum atomic E-state index is 14.0. The Morgan fingerprint density at radius 1 is 1.42 bits per heavy atom. The summed E-state index contributed by atoms with van der Waals surface area (Å²) in [5, 5.41) is 0. The van der Waals surface area contributed by atoms with E-state index in [1.54, 1.807) is 13.0 Å². The molecule has 0 spiro atoms. The Bertz CT molecular complexity index is 488. The Kier molecular flexibility index (Phi) is 4.66. The molecule has 0 saturated heterocycles. The van der Waals surface area contributed by atoms with Crippen molar-refractivity contribution in [1.82, 2.24) is 4.90 Å². The van der Waals surface area contributed by atoms with Crippen molar-refractivity contribution in [3.63, 3.8) is 0 Å². The van der Waals surface area contributed by atoms with E-state index >= 15 is 0 Å². The van der Waals surface area contributed by atoms with E-state index in [1.165, 1.54) is 6.07 Å². The van der Waals surface area contributed by atoms with E-state index in [2.05, 4.69) is 0 Å². The summed E-state index contributed by atoms with van der Waals surface area (Å²) in [5.41, 5.74) is 11.9. The van der Waals surface area contributed by atoms with E-state index in [9.17, 15) is 9.18 Å². The van der Waals surface area contributed by atoms with Gasteiger partial charge in [-0.15, -0.1) is 0 Å². The fourth-order valence-electron chi connectivity index (χ4n) is 1.93. The second kappa shape index (κ2) is 5.67. The second-order valence-electron chi connectivity index (χ2n) is 5.35. The summed E-state index contributed by atoms with van der Waals surface area (Å²) in [6, 6.07) is 3.18. The predicted octanol–water partition coefficient (Wildman–Crippen LogP) is 1.05. The van der Waals surface area contributed by atoms with Crippen LogP contribution in [-0.4, -0.2) is 37.0 Å². The number of hydrogen-bond donors (Lipinski definition) is 2. The number of halogens is 1. The first-order valence-electron chi connectivity index (χ1n) is 6.18. The van der Waals surface area contributed by atoms with Crippen LogP contribution in [0.1, 0.15) is 28.4 Å². The number of carbonyl (C=O) groups excluding carboxylic acids is 1. The van der Waals surface area contributed by atoms with Crippen molar-refractivity contribution >= 4 is 5.91 Å². The molecule has 0 aliphatic heterocycles. The quantitative estimate of drug-likeness (QED) is 0.837. The van der Waals surface area contributed by atoms with Crippen molar-refractivity contribution in [3.05, 3.63) is 34.6 Å². The van der Waals surface area contributed by atoms with Gasteiger partial charge in [-0.2, -0.15) is 0 Å². The van der Waals surface area contributed by atoms with Gasteiger partial charge in [-0.3, -0.25) is 4.79 Å². The topological polar surface area (TPSA) is 72.3 Å². The molecule has 0 aliphatic carbocycles. The third-order valence-corrected chi connectivity index (χ3v) is 3.85. The van der Waals surface area contributed by atoms with E-state index in [0.29, 0.717) is 18.5 Å². The fourth-order valence-corrected chi connectivity index (χ4v) is 1.93. The Hall–Kier alpha value is -1.46. The van der Waals surface area contributed by atoms with Crippen LogP contribution < -0.4 is 11.5 Å². The van der Waals surface area contributed by atoms with Crippen LogP contribution in [0, 0.1) is 12.7 Å². The van der Waals surface area contributed by atoms with Gasteiger partial charge in [0.25, 0.3) is 5.91 Å². The monoisotopic (exact) mass is 267 g/mol. The van der Waals surface area contributed by atoms with Gasteiger partial charge in [-0.1, -0.05) is 6.07 Å². The van der Waals surface area contributed by atoms with Gasteiger partial charge in [0, 0.05) is 12.1 Å². The van der Waals surface area contributed by atoms with Crippen molar-refractivity contribution in [1.29, 1.82) is 0 Å². The Morgan fingerprint density at radius 2 is 2.00 bits per heavy atom. The van der Waals surface area contributed by atoms with Crippen LogP contribution in [0.5, 0.6) is 0 Å². The first-order valence-corrected chi connectivity index (χ1v) is 6.18. The Balaban J connectivity index is 3.17. The lowest BCUT2D eigenvalue weighted by atomic mass is 9.88. The first kappa shape index (κ1) is 15.6. The molecule has 0 aliphatic rings. The molecule has 0 heterocycles. The molecule has 0 unspecified atom stereocenters. The second-order valence-corrected chi connectivity index (χ2v) is 5.35. The first-order chi connectivity index (χ1) is 8.73. The standard InChI is InChI=1S/C14H22FN3O/c1-9-10(7-14(2,8-16)18(3)4)5-6-11(12(9)15)13(17)19/h5-6H,7-8,16H2,1-4H3,(H2,17,19)/t14-/m1/s1. The minimum absolute atomic E-state index is 0.0689. The third-order valence-electron chi connectivity index (χ3n) is 3.85. The van der Waals surface area contributed by atoms with Crippen LogP contribution >= 0.6 is 0 Å². The highest BCUT2D eigenvalue weighted by molar-refractivity contribution is 5.93. The number of primary amides is 1. The summed E-state index contributed by atoms with van der Waals surface area (Å²) >= 11 is 0. The van der Waals surface area contributed by atoms with Gasteiger partial charge in [0.15, 0.2) is 0 Å². The van der Waals surface area contributed by atoms with Crippen LogP contribution in [0.2, 0.25) is 0 Å². The van der Waals surface area contributed by atoms with Crippen molar-refractivity contribution in [3.8, 4) is 0 Å². The molecule has 4 nitrogen and oxygen atoms in total. The van der Waals surface area contributed by atoms with Crippen molar-refractivity contribution in [2.24, 2.45) is 11.5 Å². The molecule has 4 N–H and O–H groups in total. The summed E-state index contributed by atoms with van der Waals surface area (Å²) in [4.78, 5) is 13.1. The minimum atomic E-state index is -0.749. The maximum Gasteiger partial charge on any atom is 0.251 e. The molecule has 1 amide bonds. The molecule has 1 aromatic carbocycles. The fraction of sp³-hybridized carbons (Fsp3) is 0.500. The molecule has 0 bridgehead atoms. The molecule has 1 rings (SSSR count). The number of carbonyl (C=O) groups is 1. The molecule has 1 aromatic rings. The molecule has 0 radical (unpaired) electrons. The van der Waals surface area contributed by atoms with Crippen LogP contribution in [0.3, 0.4) is 0 Å². The lowest BCUT2D eigenvalue weighted by Crippen LogP contribution is -2.49. The summed E-state index contributed by atoms with van der Waals surface area (Å²) in [6.07, 6.45) is 0.609. The highest BCUT2D eigenvalue weighted by atomic mass is 19.1. The summed E-state index contributed by atoms with van der Waals surface area (Å²) in [5.74, 6) is -1.29. The zero-order valence-corrected chi connectivity index (χ0v) is 12.0. The normalized spacial score (nSPS) is 14.5. The maximum absolute atomic E-state index is 14.0. The van der Waals surface area contributed by atoms with E-state index in [0.717, 1.165) is 5.56 Å². The van der Waals surface area contributed by atoms with Crippen molar-refractivity contribution < 1.29 is 9.18 Å². The number of benzene rings is 1. The minimum Gasteiger partial charge on any atom is -0.366 e.